The first-order valence-electron chi connectivity index (χ1n) is 7.20. The number of nitrogens with one attached hydrogen (secondary N) is 1. The zero-order valence-corrected chi connectivity index (χ0v) is 12.9. The molecule has 2 heterocycles. The number of hydrogen-bond acceptors (Lipinski definition) is 6. The maximum atomic E-state index is 5.16. The summed E-state index contributed by atoms with van der Waals surface area (Å²) in [5, 5.41) is 3.26. The van der Waals surface area contributed by atoms with Crippen molar-refractivity contribution in [3.8, 4) is 0 Å². The standard InChI is InChI=1S/C14H25N5O/c1-5-15-12-8-14(17-13(16-12)10-20-4)19-7-6-18(3)11(2)9-19/h8,11H,5-7,9-10H2,1-4H3,(H,15,16,17). The van der Waals surface area contributed by atoms with Crippen LogP contribution in [0.3, 0.4) is 0 Å². The quantitative estimate of drug-likeness (QED) is 0.874. The van der Waals surface area contributed by atoms with Crippen LogP contribution in [0.1, 0.15) is 19.7 Å². The van der Waals surface area contributed by atoms with Gasteiger partial charge in [-0.2, -0.15) is 0 Å². The smallest absolute Gasteiger partial charge is 0.158 e. The van der Waals surface area contributed by atoms with E-state index in [0.717, 1.165) is 43.6 Å². The number of hydrogen-bond donors (Lipinski definition) is 1. The number of methoxy groups -OCH3 is 1. The third-order valence-electron chi connectivity index (χ3n) is 3.67. The van der Waals surface area contributed by atoms with E-state index in [0.29, 0.717) is 12.6 Å². The molecule has 1 fully saturated rings. The molecule has 1 unspecified atom stereocenters. The molecule has 0 amide bonds. The zero-order valence-electron chi connectivity index (χ0n) is 12.9. The average molecular weight is 279 g/mol. The van der Waals surface area contributed by atoms with Gasteiger partial charge in [-0.3, -0.25) is 0 Å². The first-order chi connectivity index (χ1) is 9.63. The maximum absolute atomic E-state index is 5.16. The Morgan fingerprint density at radius 1 is 1.40 bits per heavy atom. The van der Waals surface area contributed by atoms with Crippen LogP contribution in [-0.2, 0) is 11.3 Å². The molecular formula is C14H25N5O. The molecule has 20 heavy (non-hydrogen) atoms. The van der Waals surface area contributed by atoms with Crippen LogP contribution in [0.5, 0.6) is 0 Å². The number of ether oxygens (including phenoxy) is 1. The van der Waals surface area contributed by atoms with Crippen LogP contribution in [0.4, 0.5) is 11.6 Å². The van der Waals surface area contributed by atoms with Crippen LogP contribution in [0.2, 0.25) is 0 Å². The molecule has 1 aromatic heterocycles. The van der Waals surface area contributed by atoms with Gasteiger partial charge in [0.15, 0.2) is 5.82 Å². The van der Waals surface area contributed by atoms with Crippen molar-refractivity contribution in [3.63, 3.8) is 0 Å². The van der Waals surface area contributed by atoms with E-state index in [-0.39, 0.29) is 0 Å². The molecule has 0 radical (unpaired) electrons. The molecule has 1 aliphatic heterocycles. The molecule has 6 nitrogen and oxygen atoms in total. The van der Waals surface area contributed by atoms with Crippen molar-refractivity contribution in [1.29, 1.82) is 0 Å². The van der Waals surface area contributed by atoms with E-state index >= 15 is 0 Å². The van der Waals surface area contributed by atoms with E-state index in [1.165, 1.54) is 0 Å². The van der Waals surface area contributed by atoms with Gasteiger partial charge in [-0.1, -0.05) is 0 Å². The second-order valence-corrected chi connectivity index (χ2v) is 5.27. The number of rotatable bonds is 5. The highest BCUT2D eigenvalue weighted by Gasteiger charge is 2.22. The van der Waals surface area contributed by atoms with Crippen molar-refractivity contribution in [2.45, 2.75) is 26.5 Å². The predicted octanol–water partition coefficient (Wildman–Crippen LogP) is 1.20. The van der Waals surface area contributed by atoms with E-state index in [1.807, 2.05) is 6.07 Å². The topological polar surface area (TPSA) is 53.5 Å². The summed E-state index contributed by atoms with van der Waals surface area (Å²) in [6.45, 7) is 8.64. The van der Waals surface area contributed by atoms with Crippen molar-refractivity contribution in [3.05, 3.63) is 11.9 Å². The summed E-state index contributed by atoms with van der Waals surface area (Å²) in [4.78, 5) is 13.8. The summed E-state index contributed by atoms with van der Waals surface area (Å²) in [5.41, 5.74) is 0. The third-order valence-corrected chi connectivity index (χ3v) is 3.67. The highest BCUT2D eigenvalue weighted by Crippen LogP contribution is 2.19. The van der Waals surface area contributed by atoms with Crippen LogP contribution in [0.15, 0.2) is 6.07 Å². The van der Waals surface area contributed by atoms with Crippen molar-refractivity contribution < 1.29 is 4.74 Å². The van der Waals surface area contributed by atoms with Crippen molar-refractivity contribution in [2.75, 3.05) is 50.6 Å². The number of aromatic nitrogens is 2. The molecule has 112 valence electrons. The number of piperazine rings is 1. The Hall–Kier alpha value is -1.40. The van der Waals surface area contributed by atoms with Gasteiger partial charge < -0.3 is 19.9 Å². The van der Waals surface area contributed by atoms with Gasteiger partial charge in [-0.05, 0) is 20.9 Å². The lowest BCUT2D eigenvalue weighted by Gasteiger charge is -2.38. The Bertz CT molecular complexity index is 415. The fraction of sp³-hybridized carbons (Fsp3) is 0.714. The molecule has 1 saturated heterocycles. The van der Waals surface area contributed by atoms with Gasteiger partial charge in [-0.25, -0.2) is 9.97 Å². The van der Waals surface area contributed by atoms with Crippen molar-refractivity contribution in [1.82, 2.24) is 14.9 Å². The summed E-state index contributed by atoms with van der Waals surface area (Å²) in [7, 11) is 3.84. The number of anilines is 2. The zero-order chi connectivity index (χ0) is 14.5. The maximum Gasteiger partial charge on any atom is 0.158 e. The third kappa shape index (κ3) is 3.58. The van der Waals surface area contributed by atoms with E-state index in [2.05, 4.69) is 46.0 Å². The molecule has 0 bridgehead atoms. The van der Waals surface area contributed by atoms with Gasteiger partial charge in [0.2, 0.25) is 0 Å². The number of likely N-dealkylation sites (N-methyl/N-ethyl adjacent to an activating group) is 1. The Balaban J connectivity index is 2.20. The normalized spacial score (nSPS) is 20.2. The van der Waals surface area contributed by atoms with Crippen LogP contribution in [0.25, 0.3) is 0 Å². The molecule has 1 atom stereocenters. The first-order valence-corrected chi connectivity index (χ1v) is 7.20. The molecule has 2 rings (SSSR count). The van der Waals surface area contributed by atoms with E-state index < -0.39 is 0 Å². The SMILES string of the molecule is CCNc1cc(N2CCN(C)C(C)C2)nc(COC)n1. The minimum atomic E-state index is 0.440. The molecule has 6 heteroatoms. The van der Waals surface area contributed by atoms with E-state index in [4.69, 9.17) is 4.74 Å². The Kier molecular flexibility index (Phi) is 5.14. The van der Waals surface area contributed by atoms with Crippen LogP contribution in [0, 0.1) is 0 Å². The van der Waals surface area contributed by atoms with Gasteiger partial charge in [0, 0.05) is 45.4 Å². The minimum absolute atomic E-state index is 0.440. The summed E-state index contributed by atoms with van der Waals surface area (Å²) < 4.78 is 5.16. The largest absolute Gasteiger partial charge is 0.377 e. The molecule has 1 N–H and O–H groups in total. The number of nitrogens with zero attached hydrogens (tertiary/aromatic N) is 4. The molecule has 0 spiro atoms. The van der Waals surface area contributed by atoms with E-state index in [1.54, 1.807) is 7.11 Å². The Morgan fingerprint density at radius 3 is 2.85 bits per heavy atom. The monoisotopic (exact) mass is 279 g/mol. The van der Waals surface area contributed by atoms with Gasteiger partial charge in [0.05, 0.1) is 0 Å². The summed E-state index contributed by atoms with van der Waals surface area (Å²) in [6.07, 6.45) is 0. The molecule has 0 aromatic carbocycles. The average Bonchev–Trinajstić information content (AvgIpc) is 2.42. The van der Waals surface area contributed by atoms with Crippen LogP contribution >= 0.6 is 0 Å². The lowest BCUT2D eigenvalue weighted by atomic mass is 10.2. The Labute approximate surface area is 121 Å². The highest BCUT2D eigenvalue weighted by molar-refractivity contribution is 5.50. The first kappa shape index (κ1) is 15.0. The molecular weight excluding hydrogens is 254 g/mol. The second kappa shape index (κ2) is 6.85. The fourth-order valence-electron chi connectivity index (χ4n) is 2.37. The van der Waals surface area contributed by atoms with Crippen molar-refractivity contribution >= 4 is 11.6 Å². The molecule has 1 aliphatic rings. The summed E-state index contributed by atoms with van der Waals surface area (Å²) >= 11 is 0. The van der Waals surface area contributed by atoms with Crippen LogP contribution in [-0.4, -0.2) is 61.2 Å². The van der Waals surface area contributed by atoms with Gasteiger partial charge in [-0.15, -0.1) is 0 Å². The van der Waals surface area contributed by atoms with Gasteiger partial charge in [0.25, 0.3) is 0 Å². The lowest BCUT2D eigenvalue weighted by Crippen LogP contribution is -2.50. The molecule has 1 aromatic rings. The predicted molar refractivity (Wildman–Crippen MR) is 81.2 cm³/mol. The van der Waals surface area contributed by atoms with Crippen molar-refractivity contribution in [2.24, 2.45) is 0 Å². The van der Waals surface area contributed by atoms with E-state index in [9.17, 15) is 0 Å². The van der Waals surface area contributed by atoms with Gasteiger partial charge in [0.1, 0.15) is 18.2 Å². The summed E-state index contributed by atoms with van der Waals surface area (Å²) in [5.74, 6) is 2.59. The van der Waals surface area contributed by atoms with Gasteiger partial charge >= 0.3 is 0 Å². The molecule has 0 saturated carbocycles. The van der Waals surface area contributed by atoms with Crippen LogP contribution < -0.4 is 10.2 Å². The summed E-state index contributed by atoms with van der Waals surface area (Å²) in [6, 6.07) is 2.56. The second-order valence-electron chi connectivity index (χ2n) is 5.27. The lowest BCUT2D eigenvalue weighted by molar-refractivity contribution is 0.177. The molecule has 0 aliphatic carbocycles. The Morgan fingerprint density at radius 2 is 2.20 bits per heavy atom. The fourth-order valence-corrected chi connectivity index (χ4v) is 2.37. The minimum Gasteiger partial charge on any atom is -0.377 e. The highest BCUT2D eigenvalue weighted by atomic mass is 16.5.